The van der Waals surface area contributed by atoms with Crippen molar-refractivity contribution in [3.63, 3.8) is 0 Å². The lowest BCUT2D eigenvalue weighted by molar-refractivity contribution is -0.111. The van der Waals surface area contributed by atoms with Gasteiger partial charge in [-0.2, -0.15) is 5.26 Å². The highest BCUT2D eigenvalue weighted by molar-refractivity contribution is 6.31. The van der Waals surface area contributed by atoms with Gasteiger partial charge in [0.2, 0.25) is 5.91 Å². The molecule has 196 valence electrons. The van der Waals surface area contributed by atoms with Gasteiger partial charge in [-0.25, -0.2) is 18.7 Å². The average Bonchev–Trinajstić information content (AvgIpc) is 3.36. The molecule has 1 fully saturated rings. The minimum atomic E-state index is -0.970. The fourth-order valence-corrected chi connectivity index (χ4v) is 4.86. The Morgan fingerprint density at radius 1 is 1.18 bits per heavy atom. The van der Waals surface area contributed by atoms with Crippen molar-refractivity contribution in [3.8, 4) is 17.2 Å². The zero-order valence-corrected chi connectivity index (χ0v) is 21.6. The third-order valence-electron chi connectivity index (χ3n) is 6.68. The summed E-state index contributed by atoms with van der Waals surface area (Å²) in [5.74, 6) is -1.97. The number of anilines is 3. The summed E-state index contributed by atoms with van der Waals surface area (Å²) in [4.78, 5) is 23.9. The maximum atomic E-state index is 14.8. The number of halogens is 3. The van der Waals surface area contributed by atoms with Crippen molar-refractivity contribution in [1.82, 2.24) is 14.9 Å². The van der Waals surface area contributed by atoms with Crippen LogP contribution in [0, 0.1) is 23.0 Å². The van der Waals surface area contributed by atoms with E-state index in [2.05, 4.69) is 31.6 Å². The molecule has 2 heterocycles. The van der Waals surface area contributed by atoms with Crippen molar-refractivity contribution >= 4 is 45.6 Å². The van der Waals surface area contributed by atoms with Crippen LogP contribution in [0.1, 0.15) is 18.4 Å². The lowest BCUT2D eigenvalue weighted by Gasteiger charge is -2.17. The van der Waals surface area contributed by atoms with Gasteiger partial charge in [0.25, 0.3) is 0 Å². The van der Waals surface area contributed by atoms with Crippen LogP contribution in [0.2, 0.25) is 5.02 Å². The molecular weight excluding hydrogens is 522 g/mol. The average molecular weight is 545 g/mol. The summed E-state index contributed by atoms with van der Waals surface area (Å²) >= 11 is 5.79. The topological polar surface area (TPSA) is 93.9 Å². The van der Waals surface area contributed by atoms with Gasteiger partial charge in [0.15, 0.2) is 5.82 Å². The molecule has 1 saturated heterocycles. The van der Waals surface area contributed by atoms with Gasteiger partial charge >= 0.3 is 0 Å². The smallest absolute Gasteiger partial charge is 0.248 e. The molecule has 39 heavy (non-hydrogen) atoms. The number of fused-ring (bicyclic) bond motifs is 1. The number of benzene rings is 3. The van der Waals surface area contributed by atoms with Crippen LogP contribution < -0.4 is 10.6 Å². The summed E-state index contributed by atoms with van der Waals surface area (Å²) in [5, 5.41) is 15.2. The van der Waals surface area contributed by atoms with E-state index in [4.69, 9.17) is 11.6 Å². The van der Waals surface area contributed by atoms with E-state index in [1.54, 1.807) is 36.4 Å². The van der Waals surface area contributed by atoms with Crippen LogP contribution in [0.4, 0.5) is 26.0 Å². The number of nitriles is 1. The maximum Gasteiger partial charge on any atom is 0.248 e. The Bertz CT molecular complexity index is 1650. The highest BCUT2D eigenvalue weighted by Crippen LogP contribution is 2.40. The van der Waals surface area contributed by atoms with Gasteiger partial charge in [0.1, 0.15) is 23.0 Å². The first-order chi connectivity index (χ1) is 18.9. The molecule has 5 rings (SSSR count). The van der Waals surface area contributed by atoms with Crippen molar-refractivity contribution in [3.05, 3.63) is 89.2 Å². The number of nitrogens with zero attached hydrogens (tertiary/aromatic N) is 4. The summed E-state index contributed by atoms with van der Waals surface area (Å²) in [7, 11) is 2.02. The van der Waals surface area contributed by atoms with Gasteiger partial charge < -0.3 is 10.6 Å². The molecule has 1 aliphatic heterocycles. The second-order valence-corrected chi connectivity index (χ2v) is 9.56. The first kappa shape index (κ1) is 26.2. The summed E-state index contributed by atoms with van der Waals surface area (Å²) < 4.78 is 28.5. The molecule has 0 bridgehead atoms. The predicted molar refractivity (Wildman–Crippen MR) is 148 cm³/mol. The predicted octanol–water partition coefficient (Wildman–Crippen LogP) is 6.43. The van der Waals surface area contributed by atoms with Gasteiger partial charge in [-0.15, -0.1) is 0 Å². The molecule has 1 aliphatic rings. The normalized spacial score (nSPS) is 15.5. The number of likely N-dealkylation sites (tertiary alicyclic amines) is 1. The fraction of sp³-hybridized carbons (Fsp3) is 0.172. The quantitative estimate of drug-likeness (QED) is 0.214. The first-order valence-corrected chi connectivity index (χ1v) is 12.6. The van der Waals surface area contributed by atoms with E-state index >= 15 is 0 Å². The number of carbonyl (C=O) groups is 1. The lowest BCUT2D eigenvalue weighted by atomic mass is 9.97. The molecule has 1 unspecified atom stereocenters. The van der Waals surface area contributed by atoms with Crippen molar-refractivity contribution in [2.75, 3.05) is 24.2 Å². The minimum absolute atomic E-state index is 0.0869. The van der Waals surface area contributed by atoms with Crippen LogP contribution >= 0.6 is 11.6 Å². The van der Waals surface area contributed by atoms with E-state index in [1.165, 1.54) is 18.5 Å². The Hall–Kier alpha value is -4.39. The van der Waals surface area contributed by atoms with Crippen LogP contribution in [0.15, 0.2) is 67.0 Å². The number of hydrogen-bond donors (Lipinski definition) is 2. The Kier molecular flexibility index (Phi) is 7.50. The Morgan fingerprint density at radius 3 is 2.77 bits per heavy atom. The van der Waals surface area contributed by atoms with Gasteiger partial charge in [-0.05, 0) is 68.4 Å². The molecule has 0 spiro atoms. The summed E-state index contributed by atoms with van der Waals surface area (Å²) in [6.45, 7) is 0.982. The molecular formula is C29H23ClF2N6O. The molecule has 7 nitrogen and oxygen atoms in total. The van der Waals surface area contributed by atoms with Crippen LogP contribution in [-0.2, 0) is 4.79 Å². The number of likely N-dealkylation sites (N-methyl/N-ethyl adjacent to an activating group) is 1. The van der Waals surface area contributed by atoms with E-state index in [-0.39, 0.29) is 23.5 Å². The Labute approximate surface area is 228 Å². The molecule has 1 amide bonds. The van der Waals surface area contributed by atoms with E-state index in [1.807, 2.05) is 13.1 Å². The number of aromatic nitrogens is 2. The number of rotatable bonds is 6. The van der Waals surface area contributed by atoms with Crippen LogP contribution in [0.3, 0.4) is 0 Å². The highest BCUT2D eigenvalue weighted by Gasteiger charge is 2.20. The van der Waals surface area contributed by atoms with Crippen LogP contribution in [0.5, 0.6) is 0 Å². The molecule has 3 aromatic carbocycles. The lowest BCUT2D eigenvalue weighted by Crippen LogP contribution is -2.23. The SMILES string of the molecule is CN1CCCC1C=CC(=O)Nc1ccc2ncnc(Nc3ccc(F)c(Cl)c3F)c2c1-c1cccc(C#N)c1. The second kappa shape index (κ2) is 11.2. The molecule has 0 aliphatic carbocycles. The zero-order valence-electron chi connectivity index (χ0n) is 20.9. The van der Waals surface area contributed by atoms with Crippen LogP contribution in [-0.4, -0.2) is 40.4 Å². The fourth-order valence-electron chi connectivity index (χ4n) is 4.70. The highest BCUT2D eigenvalue weighted by atomic mass is 35.5. The van der Waals surface area contributed by atoms with Gasteiger partial charge in [-0.3, -0.25) is 9.69 Å². The first-order valence-electron chi connectivity index (χ1n) is 12.2. The third-order valence-corrected chi connectivity index (χ3v) is 7.02. The van der Waals surface area contributed by atoms with Crippen molar-refractivity contribution in [2.24, 2.45) is 0 Å². The zero-order chi connectivity index (χ0) is 27.5. The molecule has 2 N–H and O–H groups in total. The van der Waals surface area contributed by atoms with E-state index in [9.17, 15) is 18.8 Å². The van der Waals surface area contributed by atoms with Crippen molar-refractivity contribution in [2.45, 2.75) is 18.9 Å². The number of carbonyl (C=O) groups excluding carboxylic acids is 1. The molecule has 4 aromatic rings. The van der Waals surface area contributed by atoms with E-state index in [0.717, 1.165) is 25.5 Å². The summed E-state index contributed by atoms with van der Waals surface area (Å²) in [5.41, 5.74) is 2.41. The van der Waals surface area contributed by atoms with Gasteiger partial charge in [0.05, 0.1) is 28.2 Å². The van der Waals surface area contributed by atoms with E-state index in [0.29, 0.717) is 33.3 Å². The molecule has 0 radical (unpaired) electrons. The monoisotopic (exact) mass is 544 g/mol. The largest absolute Gasteiger partial charge is 0.337 e. The summed E-state index contributed by atoms with van der Waals surface area (Å²) in [6, 6.07) is 14.9. The molecule has 1 atom stereocenters. The van der Waals surface area contributed by atoms with Crippen molar-refractivity contribution in [1.29, 1.82) is 5.26 Å². The molecule has 10 heteroatoms. The number of nitrogens with one attached hydrogen (secondary N) is 2. The second-order valence-electron chi connectivity index (χ2n) is 9.18. The Balaban J connectivity index is 1.63. The number of hydrogen-bond acceptors (Lipinski definition) is 6. The molecule has 0 saturated carbocycles. The number of amides is 1. The summed E-state index contributed by atoms with van der Waals surface area (Å²) in [6.07, 6.45) is 6.77. The van der Waals surface area contributed by atoms with Gasteiger partial charge in [0, 0.05) is 23.4 Å². The standard InChI is InChI=1S/C29H23ClF2N6O/c1-38-13-3-6-19(38)7-12-24(39)36-22-11-10-21-26(25(22)18-5-2-4-17(14-18)15-33)29(35-16-34-21)37-23-9-8-20(31)27(30)28(23)32/h2,4-5,7-12,14,16,19H,3,6,13H2,1H3,(H,36,39)(H,34,35,37). The maximum absolute atomic E-state index is 14.8. The van der Waals surface area contributed by atoms with Gasteiger partial charge in [-0.1, -0.05) is 29.8 Å². The minimum Gasteiger partial charge on any atom is -0.337 e. The van der Waals surface area contributed by atoms with E-state index < -0.39 is 16.7 Å². The van der Waals surface area contributed by atoms with Crippen molar-refractivity contribution < 1.29 is 13.6 Å². The molecule has 1 aromatic heterocycles. The van der Waals surface area contributed by atoms with Crippen LogP contribution in [0.25, 0.3) is 22.0 Å². The third kappa shape index (κ3) is 5.43. The Morgan fingerprint density at radius 2 is 2.00 bits per heavy atom.